The largest absolute Gasteiger partial charge is 0.481 e. The van der Waals surface area contributed by atoms with Gasteiger partial charge in [-0.1, -0.05) is 53.2 Å². The van der Waals surface area contributed by atoms with Gasteiger partial charge in [0.1, 0.15) is 5.78 Å². The van der Waals surface area contributed by atoms with Gasteiger partial charge < -0.3 is 9.84 Å². The van der Waals surface area contributed by atoms with E-state index in [-0.39, 0.29) is 45.4 Å². The molecule has 0 bridgehead atoms. The van der Waals surface area contributed by atoms with Crippen LogP contribution in [0.5, 0.6) is 0 Å². The van der Waals surface area contributed by atoms with Gasteiger partial charge in [0.15, 0.2) is 0 Å². The predicted octanol–water partition coefficient (Wildman–Crippen LogP) is 6.84. The molecule has 5 aliphatic carbocycles. The Kier molecular flexibility index (Phi) is 6.13. The van der Waals surface area contributed by atoms with E-state index in [1.165, 1.54) is 12.5 Å². The minimum atomic E-state index is -0.623. The molecule has 1 N–H and O–H groups in total. The number of carboxylic acid groups (broad SMARTS) is 1. The molecule has 5 heteroatoms. The molecule has 0 amide bonds. The van der Waals surface area contributed by atoms with Crippen molar-refractivity contribution in [3.8, 4) is 0 Å². The summed E-state index contributed by atoms with van der Waals surface area (Å²) in [5, 5.41) is 10.2. The second-order valence-electron chi connectivity index (χ2n) is 15.3. The van der Waals surface area contributed by atoms with Crippen LogP contribution in [0.25, 0.3) is 0 Å². The number of esters is 1. The molecule has 8 atom stereocenters. The number of allylic oxidation sites excluding steroid dienone is 2. The van der Waals surface area contributed by atoms with Crippen LogP contribution in [0.3, 0.4) is 0 Å². The Morgan fingerprint density at radius 3 is 2.35 bits per heavy atom. The van der Waals surface area contributed by atoms with E-state index < -0.39 is 11.4 Å². The Balaban J connectivity index is 1.60. The van der Waals surface area contributed by atoms with Crippen molar-refractivity contribution in [1.29, 1.82) is 0 Å². The molecule has 0 spiro atoms. The van der Waals surface area contributed by atoms with Gasteiger partial charge in [0.25, 0.3) is 0 Å². The van der Waals surface area contributed by atoms with E-state index >= 15 is 0 Å². The van der Waals surface area contributed by atoms with Crippen molar-refractivity contribution < 1.29 is 24.2 Å². The Morgan fingerprint density at radius 2 is 1.70 bits per heavy atom. The van der Waals surface area contributed by atoms with Crippen molar-refractivity contribution in [3.63, 3.8) is 0 Å². The Bertz CT molecular complexity index is 1040. The van der Waals surface area contributed by atoms with Crippen molar-refractivity contribution in [3.05, 3.63) is 11.6 Å². The van der Waals surface area contributed by atoms with Crippen LogP contribution >= 0.6 is 0 Å². The van der Waals surface area contributed by atoms with E-state index in [0.717, 1.165) is 51.4 Å². The molecule has 0 radical (unpaired) electrons. The zero-order valence-corrected chi connectivity index (χ0v) is 24.1. The molecule has 0 aromatic carbocycles. The van der Waals surface area contributed by atoms with Crippen LogP contribution in [-0.2, 0) is 19.1 Å². The Hall–Kier alpha value is -1.65. The molecule has 4 saturated carbocycles. The van der Waals surface area contributed by atoms with Gasteiger partial charge in [-0.05, 0) is 91.3 Å². The van der Waals surface area contributed by atoms with Crippen molar-refractivity contribution >= 4 is 17.7 Å². The normalized spacial score (nSPS) is 45.9. The van der Waals surface area contributed by atoms with Crippen LogP contribution in [0.4, 0.5) is 0 Å². The predicted molar refractivity (Wildman–Crippen MR) is 143 cm³/mol. The number of Topliss-reactive ketones (excluding diaryl/α,β-unsaturated/α-hetero) is 1. The fourth-order valence-electron chi connectivity index (χ4n) is 10.9. The highest BCUT2D eigenvalue weighted by molar-refractivity contribution is 5.85. The number of ketones is 1. The zero-order valence-electron chi connectivity index (χ0n) is 24.1. The van der Waals surface area contributed by atoms with E-state index in [1.807, 2.05) is 0 Å². The summed E-state index contributed by atoms with van der Waals surface area (Å²) in [6.45, 7) is 15.6. The second-order valence-corrected chi connectivity index (χ2v) is 15.3. The molecule has 0 aromatic heterocycles. The number of ether oxygens (including phenoxy) is 1. The average Bonchev–Trinajstić information content (AvgIpc) is 2.79. The summed E-state index contributed by atoms with van der Waals surface area (Å²) in [7, 11) is 0. The first-order valence-electron chi connectivity index (χ1n) is 14.7. The lowest BCUT2D eigenvalue weighted by molar-refractivity contribution is -0.205. The monoisotopic (exact) mass is 512 g/mol. The molecule has 5 rings (SSSR count). The maximum Gasteiger partial charge on any atom is 0.306 e. The second kappa shape index (κ2) is 8.42. The summed E-state index contributed by atoms with van der Waals surface area (Å²) in [6, 6.07) is 0. The molecule has 206 valence electrons. The number of carbonyl (C=O) groups is 3. The summed E-state index contributed by atoms with van der Waals surface area (Å²) in [4.78, 5) is 37.5. The average molecular weight is 513 g/mol. The van der Waals surface area contributed by atoms with E-state index in [2.05, 4.69) is 47.6 Å². The van der Waals surface area contributed by atoms with Crippen molar-refractivity contribution in [2.24, 2.45) is 56.7 Å². The highest BCUT2D eigenvalue weighted by Crippen LogP contribution is 2.74. The smallest absolute Gasteiger partial charge is 0.306 e. The van der Waals surface area contributed by atoms with E-state index in [1.54, 1.807) is 0 Å². The fraction of sp³-hybridized carbons (Fsp3) is 0.844. The van der Waals surface area contributed by atoms with Crippen LogP contribution in [-0.4, -0.2) is 29.4 Å². The van der Waals surface area contributed by atoms with Crippen LogP contribution in [0.1, 0.15) is 106 Å². The molecule has 5 aliphatic rings. The molecule has 0 aromatic rings. The third kappa shape index (κ3) is 3.72. The van der Waals surface area contributed by atoms with Gasteiger partial charge in [-0.15, -0.1) is 0 Å². The molecule has 0 saturated heterocycles. The maximum atomic E-state index is 13.1. The molecular formula is C32H48O5. The number of carboxylic acids is 1. The van der Waals surface area contributed by atoms with Crippen molar-refractivity contribution in [2.75, 3.05) is 6.61 Å². The Labute approximate surface area is 223 Å². The number of carbonyl (C=O) groups excluding carboxylic acids is 2. The number of rotatable bonds is 3. The molecular weight excluding hydrogens is 464 g/mol. The van der Waals surface area contributed by atoms with Gasteiger partial charge in [0, 0.05) is 24.2 Å². The molecule has 0 aliphatic heterocycles. The summed E-state index contributed by atoms with van der Waals surface area (Å²) >= 11 is 0. The zero-order chi connectivity index (χ0) is 27.2. The third-order valence-corrected chi connectivity index (χ3v) is 12.8. The van der Waals surface area contributed by atoms with Crippen molar-refractivity contribution in [1.82, 2.24) is 0 Å². The standard InChI is InChI=1S/C32H48O5/c1-19(33)37-18-32-15-12-26(34)29(4,5)24(32)11-14-31(7)25(32)9-8-23-21-16-28(2,3)17-22(27(35)36)20(21)10-13-30(23,31)6/h8,20-22,24-25H,9-18H2,1-7H3,(H,35,36)/t20?,21?,22-,24?,25?,30-,31-,32-/m1/s1. The first-order chi connectivity index (χ1) is 17.1. The molecule has 37 heavy (non-hydrogen) atoms. The molecule has 0 heterocycles. The molecule has 5 nitrogen and oxygen atoms in total. The summed E-state index contributed by atoms with van der Waals surface area (Å²) in [5.74, 6) is 0.319. The third-order valence-electron chi connectivity index (χ3n) is 12.8. The van der Waals surface area contributed by atoms with Crippen LogP contribution < -0.4 is 0 Å². The highest BCUT2D eigenvalue weighted by Gasteiger charge is 2.69. The van der Waals surface area contributed by atoms with Gasteiger partial charge in [0.2, 0.25) is 0 Å². The highest BCUT2D eigenvalue weighted by atomic mass is 16.5. The number of fused-ring (bicyclic) bond motifs is 7. The van der Waals surface area contributed by atoms with Crippen LogP contribution in [0.2, 0.25) is 0 Å². The summed E-state index contributed by atoms with van der Waals surface area (Å²) in [5.41, 5.74) is 0.942. The van der Waals surface area contributed by atoms with Gasteiger partial charge in [-0.3, -0.25) is 14.4 Å². The lowest BCUT2D eigenvalue weighted by Crippen LogP contribution is -2.65. The fourth-order valence-corrected chi connectivity index (χ4v) is 10.9. The van der Waals surface area contributed by atoms with Crippen molar-refractivity contribution in [2.45, 2.75) is 106 Å². The first-order valence-corrected chi connectivity index (χ1v) is 14.7. The molecule has 4 unspecified atom stereocenters. The summed E-state index contributed by atoms with van der Waals surface area (Å²) < 4.78 is 5.85. The van der Waals surface area contributed by atoms with E-state index in [0.29, 0.717) is 30.6 Å². The minimum absolute atomic E-state index is 0.00660. The topological polar surface area (TPSA) is 80.7 Å². The summed E-state index contributed by atoms with van der Waals surface area (Å²) in [6.07, 6.45) is 10.7. The van der Waals surface area contributed by atoms with Gasteiger partial charge >= 0.3 is 11.9 Å². The lowest BCUT2D eigenvalue weighted by Gasteiger charge is -2.70. The quantitative estimate of drug-likeness (QED) is 0.331. The number of hydrogen-bond donors (Lipinski definition) is 1. The maximum absolute atomic E-state index is 13.1. The molecule has 4 fully saturated rings. The number of hydrogen-bond acceptors (Lipinski definition) is 4. The van der Waals surface area contributed by atoms with Gasteiger partial charge in [0.05, 0.1) is 12.5 Å². The Morgan fingerprint density at radius 1 is 1.00 bits per heavy atom. The van der Waals surface area contributed by atoms with Crippen LogP contribution in [0.15, 0.2) is 11.6 Å². The minimum Gasteiger partial charge on any atom is -0.481 e. The SMILES string of the molecule is CC(=O)OC[C@]12CCC(=O)C(C)(C)C1CC[C@]1(C)C2CC=C2C3CC(C)(C)C[C@@H](C(=O)O)C3CC[C@]21C. The first kappa shape index (κ1) is 26.9. The van der Waals surface area contributed by atoms with Gasteiger partial charge in [-0.2, -0.15) is 0 Å². The van der Waals surface area contributed by atoms with Crippen LogP contribution in [0, 0.1) is 56.7 Å². The van der Waals surface area contributed by atoms with E-state index in [4.69, 9.17) is 4.74 Å². The lowest BCUT2D eigenvalue weighted by atomic mass is 9.34. The van der Waals surface area contributed by atoms with Gasteiger partial charge in [-0.25, -0.2) is 0 Å². The van der Waals surface area contributed by atoms with E-state index in [9.17, 15) is 19.5 Å². The number of aliphatic carboxylic acids is 1.